The van der Waals surface area contributed by atoms with Gasteiger partial charge in [-0.1, -0.05) is 30.3 Å². The lowest BCUT2D eigenvalue weighted by atomic mass is 9.81. The van der Waals surface area contributed by atoms with Gasteiger partial charge in [0.25, 0.3) is 0 Å². The quantitative estimate of drug-likeness (QED) is 0.829. The summed E-state index contributed by atoms with van der Waals surface area (Å²) in [6.07, 6.45) is 6.23. The van der Waals surface area contributed by atoms with Crippen LogP contribution in [0.4, 0.5) is 0 Å². The van der Waals surface area contributed by atoms with Crippen LogP contribution in [0.5, 0.6) is 0 Å². The molecule has 0 aromatic heterocycles. The van der Waals surface area contributed by atoms with Crippen LogP contribution in [0.3, 0.4) is 0 Å². The number of hydrogen-bond donors (Lipinski definition) is 1. The molecule has 1 aliphatic heterocycles. The van der Waals surface area contributed by atoms with E-state index >= 15 is 0 Å². The van der Waals surface area contributed by atoms with Gasteiger partial charge in [-0.3, -0.25) is 0 Å². The van der Waals surface area contributed by atoms with Gasteiger partial charge in [-0.25, -0.2) is 0 Å². The van der Waals surface area contributed by atoms with Crippen LogP contribution in [0.15, 0.2) is 36.6 Å². The second-order valence-electron chi connectivity index (χ2n) is 6.77. The third-order valence-electron chi connectivity index (χ3n) is 3.48. The Bertz CT molecular complexity index is 418. The van der Waals surface area contributed by atoms with E-state index in [1.165, 1.54) is 5.56 Å². The Hall–Kier alpha value is -1.28. The molecule has 0 aliphatic carbocycles. The third kappa shape index (κ3) is 4.39. The van der Waals surface area contributed by atoms with Gasteiger partial charge in [-0.15, -0.1) is 0 Å². The molecule has 1 aromatic carbocycles. The Morgan fingerprint density at radius 2 is 1.63 bits per heavy atom. The van der Waals surface area contributed by atoms with Gasteiger partial charge in [0.1, 0.15) is 6.10 Å². The van der Waals surface area contributed by atoms with Crippen molar-refractivity contribution in [3.05, 3.63) is 42.2 Å². The first-order chi connectivity index (χ1) is 8.86. The zero-order valence-corrected chi connectivity index (χ0v) is 12.4. The van der Waals surface area contributed by atoms with Gasteiger partial charge in [-0.2, -0.15) is 0 Å². The Morgan fingerprint density at radius 1 is 1.05 bits per heavy atom. The molecule has 1 heterocycles. The third-order valence-corrected chi connectivity index (χ3v) is 3.48. The molecule has 0 unspecified atom stereocenters. The van der Waals surface area contributed by atoms with Crippen LogP contribution in [0.1, 0.15) is 46.1 Å². The van der Waals surface area contributed by atoms with Crippen LogP contribution in [-0.2, 0) is 4.74 Å². The molecule has 1 fully saturated rings. The van der Waals surface area contributed by atoms with E-state index in [2.05, 4.69) is 45.1 Å². The first-order valence-corrected chi connectivity index (χ1v) is 7.03. The zero-order chi connectivity index (χ0) is 13.9. The van der Waals surface area contributed by atoms with Crippen LogP contribution >= 0.6 is 0 Å². The van der Waals surface area contributed by atoms with Crippen molar-refractivity contribution in [3.63, 3.8) is 0 Å². The van der Waals surface area contributed by atoms with Crippen molar-refractivity contribution in [1.29, 1.82) is 0 Å². The summed E-state index contributed by atoms with van der Waals surface area (Å²) in [7, 11) is 0. The predicted octanol–water partition coefficient (Wildman–Crippen LogP) is 3.98. The van der Waals surface area contributed by atoms with Crippen LogP contribution in [0.25, 0.3) is 6.08 Å². The van der Waals surface area contributed by atoms with Crippen molar-refractivity contribution in [3.8, 4) is 0 Å². The van der Waals surface area contributed by atoms with E-state index in [-0.39, 0.29) is 17.2 Å². The summed E-state index contributed by atoms with van der Waals surface area (Å²) >= 11 is 0. The summed E-state index contributed by atoms with van der Waals surface area (Å²) < 4.78 is 5.94. The van der Waals surface area contributed by atoms with Gasteiger partial charge in [0.2, 0.25) is 0 Å². The minimum absolute atomic E-state index is 0.132. The highest BCUT2D eigenvalue weighted by Gasteiger charge is 2.38. The molecule has 104 valence electrons. The molecule has 0 radical (unpaired) electrons. The summed E-state index contributed by atoms with van der Waals surface area (Å²) in [5.41, 5.74) is 1.44. The molecule has 0 spiro atoms. The van der Waals surface area contributed by atoms with Crippen molar-refractivity contribution in [2.24, 2.45) is 0 Å². The second-order valence-corrected chi connectivity index (χ2v) is 6.77. The number of nitrogens with one attached hydrogen (secondary N) is 1. The maximum absolute atomic E-state index is 5.94. The van der Waals surface area contributed by atoms with E-state index in [4.69, 9.17) is 4.74 Å². The molecule has 1 aliphatic rings. The highest BCUT2D eigenvalue weighted by molar-refractivity contribution is 5.47. The Labute approximate surface area is 116 Å². The molecule has 0 saturated carbocycles. The molecule has 2 rings (SSSR count). The predicted molar refractivity (Wildman–Crippen MR) is 80.9 cm³/mol. The van der Waals surface area contributed by atoms with E-state index in [1.54, 1.807) is 0 Å². The zero-order valence-electron chi connectivity index (χ0n) is 12.4. The van der Waals surface area contributed by atoms with Gasteiger partial charge in [0.05, 0.1) is 6.26 Å². The maximum atomic E-state index is 5.94. The van der Waals surface area contributed by atoms with Gasteiger partial charge < -0.3 is 10.1 Å². The minimum atomic E-state index is 0.132. The van der Waals surface area contributed by atoms with Gasteiger partial charge in [0, 0.05) is 23.9 Å². The summed E-state index contributed by atoms with van der Waals surface area (Å²) in [4.78, 5) is 0. The lowest BCUT2D eigenvalue weighted by Gasteiger charge is -2.45. The molecule has 2 heteroatoms. The smallest absolute Gasteiger partial charge is 0.101 e. The molecule has 19 heavy (non-hydrogen) atoms. The molecular formula is C17H25NO. The topological polar surface area (TPSA) is 21.3 Å². The van der Waals surface area contributed by atoms with Crippen LogP contribution in [-0.4, -0.2) is 17.2 Å². The molecular weight excluding hydrogens is 234 g/mol. The Kier molecular flexibility index (Phi) is 4.00. The van der Waals surface area contributed by atoms with E-state index in [1.807, 2.05) is 30.5 Å². The van der Waals surface area contributed by atoms with Gasteiger partial charge >= 0.3 is 0 Å². The fourth-order valence-electron chi connectivity index (χ4n) is 3.12. The monoisotopic (exact) mass is 259 g/mol. The molecule has 2 nitrogen and oxygen atoms in total. The first-order valence-electron chi connectivity index (χ1n) is 7.03. The molecule has 0 atom stereocenters. The average molecular weight is 259 g/mol. The number of rotatable bonds is 3. The molecule has 0 amide bonds. The lowest BCUT2D eigenvalue weighted by Crippen LogP contribution is -2.59. The highest BCUT2D eigenvalue weighted by atomic mass is 16.5. The SMILES string of the molecule is CC1(C)CC(OC=Cc2ccccc2)CC(C)(C)N1. The average Bonchev–Trinajstić information content (AvgIpc) is 2.26. The van der Waals surface area contributed by atoms with E-state index < -0.39 is 0 Å². The molecule has 0 bridgehead atoms. The molecule has 1 aromatic rings. The fourth-order valence-corrected chi connectivity index (χ4v) is 3.12. The highest BCUT2D eigenvalue weighted by Crippen LogP contribution is 2.30. The number of ether oxygens (including phenoxy) is 1. The fraction of sp³-hybridized carbons (Fsp3) is 0.529. The Balaban J connectivity index is 1.94. The summed E-state index contributed by atoms with van der Waals surface area (Å²) in [6, 6.07) is 10.3. The number of hydrogen-bond acceptors (Lipinski definition) is 2. The minimum Gasteiger partial charge on any atom is -0.498 e. The molecule has 1 saturated heterocycles. The molecule has 1 N–H and O–H groups in total. The second kappa shape index (κ2) is 5.38. The summed E-state index contributed by atoms with van der Waals surface area (Å²) in [6.45, 7) is 8.96. The standard InChI is InChI=1S/C17H25NO/c1-16(2)12-15(13-17(3,4)18-16)19-11-10-14-8-6-5-7-9-14/h5-11,15,18H,12-13H2,1-4H3. The largest absolute Gasteiger partial charge is 0.498 e. The van der Waals surface area contributed by atoms with Crippen LogP contribution in [0, 0.1) is 0 Å². The van der Waals surface area contributed by atoms with Crippen molar-refractivity contribution < 1.29 is 4.74 Å². The van der Waals surface area contributed by atoms with E-state index in [0.717, 1.165) is 12.8 Å². The summed E-state index contributed by atoms with van der Waals surface area (Å²) in [5, 5.41) is 3.67. The normalized spacial score (nSPS) is 22.5. The summed E-state index contributed by atoms with van der Waals surface area (Å²) in [5.74, 6) is 0. The van der Waals surface area contributed by atoms with Crippen molar-refractivity contribution >= 4 is 6.08 Å². The van der Waals surface area contributed by atoms with Crippen LogP contribution in [0.2, 0.25) is 0 Å². The van der Waals surface area contributed by atoms with Crippen molar-refractivity contribution in [2.45, 2.75) is 57.7 Å². The van der Waals surface area contributed by atoms with E-state index in [0.29, 0.717) is 0 Å². The number of piperidine rings is 1. The van der Waals surface area contributed by atoms with E-state index in [9.17, 15) is 0 Å². The van der Waals surface area contributed by atoms with Gasteiger partial charge in [0.15, 0.2) is 0 Å². The first kappa shape index (κ1) is 14.1. The Morgan fingerprint density at radius 3 is 2.21 bits per heavy atom. The lowest BCUT2D eigenvalue weighted by molar-refractivity contribution is 0.0285. The van der Waals surface area contributed by atoms with Gasteiger partial charge in [-0.05, 0) is 39.3 Å². The number of benzene rings is 1. The van der Waals surface area contributed by atoms with Crippen molar-refractivity contribution in [1.82, 2.24) is 5.32 Å². The van der Waals surface area contributed by atoms with Crippen molar-refractivity contribution in [2.75, 3.05) is 0 Å². The maximum Gasteiger partial charge on any atom is 0.101 e. The van der Waals surface area contributed by atoms with Crippen LogP contribution < -0.4 is 5.32 Å².